The lowest BCUT2D eigenvalue weighted by molar-refractivity contribution is 0.602. The molecule has 0 atom stereocenters. The lowest BCUT2D eigenvalue weighted by atomic mass is 10.2. The molecule has 2 aromatic heterocycles. The summed E-state index contributed by atoms with van der Waals surface area (Å²) in [5, 5.41) is 4.34. The average Bonchev–Trinajstić information content (AvgIpc) is 2.80. The maximum absolute atomic E-state index is 11.4. The van der Waals surface area contributed by atoms with E-state index in [2.05, 4.69) is 10.1 Å². The summed E-state index contributed by atoms with van der Waals surface area (Å²) in [6.45, 7) is 2.15. The highest BCUT2D eigenvalue weighted by Gasteiger charge is 2.14. The molecule has 102 valence electrons. The molecule has 19 heavy (non-hydrogen) atoms. The number of aryl methyl sites for hydroxylation is 1. The van der Waals surface area contributed by atoms with Crippen molar-refractivity contribution in [2.24, 2.45) is 5.73 Å². The van der Waals surface area contributed by atoms with Crippen LogP contribution in [0.2, 0.25) is 5.02 Å². The standard InChI is InChI=1S/C11H13ClN4O2S/c1-7-8(4-13)3-10(12)11(15-7)16-6-9(5-14-16)19(2,17)18/h3,5-6H,4,13H2,1-2H3. The van der Waals surface area contributed by atoms with Crippen LogP contribution in [0, 0.1) is 6.92 Å². The van der Waals surface area contributed by atoms with Crippen LogP contribution in [0.1, 0.15) is 11.3 Å². The molecule has 0 aliphatic heterocycles. The van der Waals surface area contributed by atoms with Crippen molar-refractivity contribution >= 4 is 21.4 Å². The van der Waals surface area contributed by atoms with Crippen LogP contribution < -0.4 is 5.73 Å². The van der Waals surface area contributed by atoms with Crippen LogP contribution in [0.15, 0.2) is 23.4 Å². The van der Waals surface area contributed by atoms with Gasteiger partial charge >= 0.3 is 0 Å². The van der Waals surface area contributed by atoms with Gasteiger partial charge in [0.25, 0.3) is 0 Å². The molecule has 0 aliphatic carbocycles. The Labute approximate surface area is 116 Å². The largest absolute Gasteiger partial charge is 0.326 e. The third-order valence-electron chi connectivity index (χ3n) is 2.68. The van der Waals surface area contributed by atoms with E-state index >= 15 is 0 Å². The summed E-state index contributed by atoms with van der Waals surface area (Å²) in [5.41, 5.74) is 7.14. The van der Waals surface area contributed by atoms with Crippen molar-refractivity contribution in [1.29, 1.82) is 0 Å². The molecule has 0 saturated heterocycles. The molecule has 0 amide bonds. The zero-order valence-corrected chi connectivity index (χ0v) is 12.0. The third-order valence-corrected chi connectivity index (χ3v) is 4.02. The Balaban J connectivity index is 2.54. The molecular formula is C11H13ClN4O2S. The summed E-state index contributed by atoms with van der Waals surface area (Å²) in [6, 6.07) is 1.71. The van der Waals surface area contributed by atoms with Gasteiger partial charge in [-0.15, -0.1) is 0 Å². The molecule has 0 unspecified atom stereocenters. The number of rotatable bonds is 3. The monoisotopic (exact) mass is 300 g/mol. The third kappa shape index (κ3) is 2.78. The van der Waals surface area contributed by atoms with Crippen LogP contribution in [0.3, 0.4) is 0 Å². The van der Waals surface area contributed by atoms with E-state index in [1.54, 1.807) is 6.07 Å². The minimum Gasteiger partial charge on any atom is -0.326 e. The van der Waals surface area contributed by atoms with Gasteiger partial charge in [0, 0.05) is 18.5 Å². The minimum absolute atomic E-state index is 0.117. The predicted molar refractivity (Wildman–Crippen MR) is 72.1 cm³/mol. The lowest BCUT2D eigenvalue weighted by Gasteiger charge is -2.08. The normalized spacial score (nSPS) is 11.8. The highest BCUT2D eigenvalue weighted by molar-refractivity contribution is 7.90. The SMILES string of the molecule is Cc1nc(-n2cc(S(C)(=O)=O)cn2)c(Cl)cc1CN. The van der Waals surface area contributed by atoms with Gasteiger partial charge in [0.05, 0.1) is 17.4 Å². The summed E-state index contributed by atoms with van der Waals surface area (Å²) in [4.78, 5) is 4.42. The quantitative estimate of drug-likeness (QED) is 0.916. The van der Waals surface area contributed by atoms with Crippen LogP contribution >= 0.6 is 11.6 Å². The van der Waals surface area contributed by atoms with E-state index in [9.17, 15) is 8.42 Å². The average molecular weight is 301 g/mol. The molecule has 0 fully saturated rings. The molecule has 0 bridgehead atoms. The molecule has 2 rings (SSSR count). The Bertz CT molecular complexity index is 724. The van der Waals surface area contributed by atoms with Crippen molar-refractivity contribution in [1.82, 2.24) is 14.8 Å². The highest BCUT2D eigenvalue weighted by atomic mass is 35.5. The number of aromatic nitrogens is 3. The number of pyridine rings is 1. The number of halogens is 1. The number of nitrogens with zero attached hydrogens (tertiary/aromatic N) is 3. The highest BCUT2D eigenvalue weighted by Crippen LogP contribution is 2.22. The first-order valence-corrected chi connectivity index (χ1v) is 7.71. The molecule has 0 aliphatic rings. The number of hydrogen-bond donors (Lipinski definition) is 1. The van der Waals surface area contributed by atoms with Gasteiger partial charge in [-0.2, -0.15) is 5.10 Å². The van der Waals surface area contributed by atoms with Gasteiger partial charge < -0.3 is 5.73 Å². The van der Waals surface area contributed by atoms with Gasteiger partial charge in [-0.25, -0.2) is 18.1 Å². The Hall–Kier alpha value is -1.44. The molecular weight excluding hydrogens is 288 g/mol. The molecule has 0 radical (unpaired) electrons. The van der Waals surface area contributed by atoms with Crippen molar-refractivity contribution in [2.45, 2.75) is 18.4 Å². The van der Waals surface area contributed by atoms with Gasteiger partial charge in [-0.05, 0) is 18.6 Å². The molecule has 0 aromatic carbocycles. The van der Waals surface area contributed by atoms with Gasteiger partial charge in [-0.3, -0.25) is 0 Å². The fourth-order valence-corrected chi connectivity index (χ4v) is 2.38. The van der Waals surface area contributed by atoms with Crippen LogP contribution in [0.25, 0.3) is 5.82 Å². The molecule has 2 heterocycles. The van der Waals surface area contributed by atoms with Crippen LogP contribution in [-0.4, -0.2) is 29.4 Å². The van der Waals surface area contributed by atoms with Crippen molar-refractivity contribution in [2.75, 3.05) is 6.26 Å². The molecule has 8 heteroatoms. The van der Waals surface area contributed by atoms with E-state index in [1.807, 2.05) is 6.92 Å². The van der Waals surface area contributed by atoms with Crippen molar-refractivity contribution in [3.05, 3.63) is 34.7 Å². The smallest absolute Gasteiger partial charge is 0.178 e. The molecule has 2 N–H and O–H groups in total. The summed E-state index contributed by atoms with van der Waals surface area (Å²) >= 11 is 6.11. The number of hydrogen-bond acceptors (Lipinski definition) is 5. The van der Waals surface area contributed by atoms with Gasteiger partial charge in [0.1, 0.15) is 4.90 Å². The van der Waals surface area contributed by atoms with E-state index in [1.165, 1.54) is 17.1 Å². The fraction of sp³-hybridized carbons (Fsp3) is 0.273. The maximum atomic E-state index is 11.4. The Kier molecular flexibility index (Phi) is 3.62. The second-order valence-electron chi connectivity index (χ2n) is 4.14. The Morgan fingerprint density at radius 3 is 2.68 bits per heavy atom. The zero-order chi connectivity index (χ0) is 14.2. The molecule has 6 nitrogen and oxygen atoms in total. The van der Waals surface area contributed by atoms with Gasteiger partial charge in [-0.1, -0.05) is 11.6 Å². The zero-order valence-electron chi connectivity index (χ0n) is 10.5. The predicted octanol–water partition coefficient (Wildman–Crippen LogP) is 1.09. The first-order valence-electron chi connectivity index (χ1n) is 5.44. The minimum atomic E-state index is -3.30. The van der Waals surface area contributed by atoms with Crippen LogP contribution in [0.5, 0.6) is 0 Å². The first kappa shape index (κ1) is 14.0. The van der Waals surface area contributed by atoms with E-state index in [-0.39, 0.29) is 4.90 Å². The summed E-state index contributed by atoms with van der Waals surface area (Å²) in [5.74, 6) is 0.381. The van der Waals surface area contributed by atoms with E-state index < -0.39 is 9.84 Å². The van der Waals surface area contributed by atoms with Crippen molar-refractivity contribution in [3.8, 4) is 5.82 Å². The van der Waals surface area contributed by atoms with Crippen molar-refractivity contribution in [3.63, 3.8) is 0 Å². The van der Waals surface area contributed by atoms with E-state index in [0.717, 1.165) is 17.5 Å². The summed E-state index contributed by atoms with van der Waals surface area (Å²) in [7, 11) is -3.30. The summed E-state index contributed by atoms with van der Waals surface area (Å²) in [6.07, 6.45) is 3.76. The van der Waals surface area contributed by atoms with Gasteiger partial charge in [0.2, 0.25) is 0 Å². The van der Waals surface area contributed by atoms with Gasteiger partial charge in [0.15, 0.2) is 15.7 Å². The fourth-order valence-electron chi connectivity index (χ4n) is 1.59. The van der Waals surface area contributed by atoms with Crippen LogP contribution in [0.4, 0.5) is 0 Å². The topological polar surface area (TPSA) is 90.9 Å². The van der Waals surface area contributed by atoms with E-state index in [0.29, 0.717) is 17.4 Å². The Morgan fingerprint density at radius 2 is 2.16 bits per heavy atom. The number of sulfone groups is 1. The Morgan fingerprint density at radius 1 is 1.47 bits per heavy atom. The molecule has 0 spiro atoms. The maximum Gasteiger partial charge on any atom is 0.178 e. The van der Waals surface area contributed by atoms with E-state index in [4.69, 9.17) is 17.3 Å². The van der Waals surface area contributed by atoms with Crippen LogP contribution in [-0.2, 0) is 16.4 Å². The first-order chi connectivity index (χ1) is 8.82. The second kappa shape index (κ2) is 4.92. The number of nitrogens with two attached hydrogens (primary N) is 1. The van der Waals surface area contributed by atoms with Crippen molar-refractivity contribution < 1.29 is 8.42 Å². The second-order valence-corrected chi connectivity index (χ2v) is 6.56. The summed E-state index contributed by atoms with van der Waals surface area (Å²) < 4.78 is 24.2. The lowest BCUT2D eigenvalue weighted by Crippen LogP contribution is -2.06. The molecule has 0 saturated carbocycles. The molecule has 2 aromatic rings.